The molecule has 0 radical (unpaired) electrons. The van der Waals surface area contributed by atoms with Crippen LogP contribution in [0, 0.1) is 5.41 Å². The molecule has 2 amide bonds. The molecule has 0 aromatic carbocycles. The van der Waals surface area contributed by atoms with E-state index in [-0.39, 0.29) is 11.8 Å². The normalized spacial score (nSPS) is 24.0. The van der Waals surface area contributed by atoms with E-state index in [1.165, 1.54) is 0 Å². The van der Waals surface area contributed by atoms with E-state index >= 15 is 0 Å². The Labute approximate surface area is 188 Å². The second kappa shape index (κ2) is 8.82. The van der Waals surface area contributed by atoms with E-state index in [2.05, 4.69) is 24.8 Å². The molecule has 1 unspecified atom stereocenters. The number of likely N-dealkylation sites (tertiary alicyclic amines) is 2. The van der Waals surface area contributed by atoms with Crippen molar-refractivity contribution in [2.24, 2.45) is 5.41 Å². The first-order chi connectivity index (χ1) is 15.6. The van der Waals surface area contributed by atoms with Gasteiger partial charge in [-0.15, -0.1) is 0 Å². The van der Waals surface area contributed by atoms with Crippen molar-refractivity contribution in [3.05, 3.63) is 48.5 Å². The first-order valence-corrected chi connectivity index (χ1v) is 11.3. The molecular weight excluding hydrogens is 406 g/mol. The van der Waals surface area contributed by atoms with Crippen molar-refractivity contribution in [1.82, 2.24) is 29.7 Å². The molecule has 168 valence electrons. The van der Waals surface area contributed by atoms with Crippen LogP contribution in [-0.2, 0) is 16.1 Å². The van der Waals surface area contributed by atoms with Crippen LogP contribution in [0.1, 0.15) is 18.5 Å². The summed E-state index contributed by atoms with van der Waals surface area (Å²) in [5.74, 6) is 1.05. The highest BCUT2D eigenvalue weighted by Gasteiger charge is 2.51. The maximum Gasteiger partial charge on any atom is 0.236 e. The molecule has 3 saturated heterocycles. The minimum atomic E-state index is -0.409. The zero-order valence-corrected chi connectivity index (χ0v) is 18.3. The molecule has 9 heteroatoms. The van der Waals surface area contributed by atoms with Crippen LogP contribution >= 0.6 is 0 Å². The number of carbonyl (C=O) groups excluding carboxylic acids is 2. The van der Waals surface area contributed by atoms with Crippen LogP contribution in [0.25, 0.3) is 0 Å². The number of piperazine rings is 1. The quantitative estimate of drug-likeness (QED) is 0.681. The Hall–Kier alpha value is -3.07. The van der Waals surface area contributed by atoms with Gasteiger partial charge in [0.1, 0.15) is 0 Å². The fourth-order valence-electron chi connectivity index (χ4n) is 5.05. The molecule has 0 saturated carbocycles. The molecule has 0 N–H and O–H groups in total. The first-order valence-electron chi connectivity index (χ1n) is 11.3. The Morgan fingerprint density at radius 2 is 1.66 bits per heavy atom. The van der Waals surface area contributed by atoms with Gasteiger partial charge in [-0.25, -0.2) is 9.97 Å². The Balaban J connectivity index is 1.12. The summed E-state index contributed by atoms with van der Waals surface area (Å²) >= 11 is 0. The molecule has 5 heterocycles. The summed E-state index contributed by atoms with van der Waals surface area (Å²) < 4.78 is 0. The number of carbonyl (C=O) groups is 2. The fourth-order valence-corrected chi connectivity index (χ4v) is 5.05. The number of amides is 2. The van der Waals surface area contributed by atoms with Gasteiger partial charge in [0.05, 0.1) is 24.2 Å². The molecule has 2 aromatic rings. The third-order valence-corrected chi connectivity index (χ3v) is 6.95. The molecule has 2 aromatic heterocycles. The van der Waals surface area contributed by atoms with Crippen LogP contribution < -0.4 is 4.90 Å². The monoisotopic (exact) mass is 435 g/mol. The average Bonchev–Trinajstić information content (AvgIpc) is 3.41. The molecule has 1 spiro atoms. The lowest BCUT2D eigenvalue weighted by Gasteiger charge is -2.35. The maximum absolute atomic E-state index is 13.2. The Bertz CT molecular complexity index is 949. The number of pyridine rings is 1. The second-order valence-electron chi connectivity index (χ2n) is 8.96. The number of aromatic nitrogens is 3. The molecule has 5 rings (SSSR count). The van der Waals surface area contributed by atoms with Gasteiger partial charge >= 0.3 is 0 Å². The van der Waals surface area contributed by atoms with Crippen molar-refractivity contribution in [2.75, 3.05) is 57.3 Å². The zero-order chi connectivity index (χ0) is 22.0. The Morgan fingerprint density at radius 1 is 0.906 bits per heavy atom. The van der Waals surface area contributed by atoms with Crippen LogP contribution in [-0.4, -0.2) is 93.8 Å². The Kier molecular flexibility index (Phi) is 5.73. The summed E-state index contributed by atoms with van der Waals surface area (Å²) in [5.41, 5.74) is 0.497. The molecule has 1 atom stereocenters. The number of anilines is 1. The van der Waals surface area contributed by atoms with E-state index < -0.39 is 5.41 Å². The van der Waals surface area contributed by atoms with E-state index in [4.69, 9.17) is 0 Å². The van der Waals surface area contributed by atoms with Crippen LogP contribution in [0.3, 0.4) is 0 Å². The van der Waals surface area contributed by atoms with Gasteiger partial charge in [0.2, 0.25) is 17.8 Å². The van der Waals surface area contributed by atoms with Gasteiger partial charge in [0, 0.05) is 64.4 Å². The molecule has 3 fully saturated rings. The van der Waals surface area contributed by atoms with Gasteiger partial charge < -0.3 is 14.7 Å². The topological polar surface area (TPSA) is 85.8 Å². The maximum atomic E-state index is 13.2. The summed E-state index contributed by atoms with van der Waals surface area (Å²) in [5, 5.41) is 0. The van der Waals surface area contributed by atoms with Gasteiger partial charge in [-0.1, -0.05) is 6.07 Å². The third-order valence-electron chi connectivity index (χ3n) is 6.95. The van der Waals surface area contributed by atoms with E-state index in [1.807, 2.05) is 34.1 Å². The number of hydrogen-bond donors (Lipinski definition) is 0. The van der Waals surface area contributed by atoms with Crippen molar-refractivity contribution in [2.45, 2.75) is 19.4 Å². The van der Waals surface area contributed by atoms with E-state index in [0.29, 0.717) is 26.2 Å². The summed E-state index contributed by atoms with van der Waals surface area (Å²) in [6.07, 6.45) is 6.84. The molecule has 0 bridgehead atoms. The van der Waals surface area contributed by atoms with Crippen molar-refractivity contribution >= 4 is 17.8 Å². The van der Waals surface area contributed by atoms with Crippen molar-refractivity contribution in [1.29, 1.82) is 0 Å². The van der Waals surface area contributed by atoms with Crippen molar-refractivity contribution in [3.63, 3.8) is 0 Å². The number of hydrogen-bond acceptors (Lipinski definition) is 7. The van der Waals surface area contributed by atoms with Crippen LogP contribution in [0.5, 0.6) is 0 Å². The van der Waals surface area contributed by atoms with Crippen molar-refractivity contribution < 1.29 is 9.59 Å². The van der Waals surface area contributed by atoms with Crippen molar-refractivity contribution in [3.8, 4) is 0 Å². The standard InChI is InChI=1S/C23H29N7O2/c31-20(17-27-12-14-28(15-13-27)22-25-8-3-9-26-22)30-11-6-23(18-30)5-10-29(21(23)32)16-19-4-1-2-7-24-19/h1-4,7-9H,5-6,10-18H2. The van der Waals surface area contributed by atoms with Gasteiger partial charge in [-0.2, -0.15) is 0 Å². The second-order valence-corrected chi connectivity index (χ2v) is 8.96. The summed E-state index contributed by atoms with van der Waals surface area (Å²) in [6.45, 7) is 6.13. The Morgan fingerprint density at radius 3 is 2.41 bits per heavy atom. The highest BCUT2D eigenvalue weighted by atomic mass is 16.2. The van der Waals surface area contributed by atoms with Gasteiger partial charge in [0.15, 0.2) is 0 Å². The molecule has 3 aliphatic heterocycles. The van der Waals surface area contributed by atoms with Crippen LogP contribution in [0.4, 0.5) is 5.95 Å². The number of rotatable bonds is 5. The molecule has 0 aliphatic carbocycles. The van der Waals surface area contributed by atoms with Crippen LogP contribution in [0.2, 0.25) is 0 Å². The van der Waals surface area contributed by atoms with Gasteiger partial charge in [0.25, 0.3) is 0 Å². The van der Waals surface area contributed by atoms with E-state index in [1.54, 1.807) is 18.6 Å². The summed E-state index contributed by atoms with van der Waals surface area (Å²) in [6, 6.07) is 7.59. The first kappa shape index (κ1) is 20.8. The smallest absolute Gasteiger partial charge is 0.236 e. The lowest BCUT2D eigenvalue weighted by molar-refractivity contribution is -0.137. The van der Waals surface area contributed by atoms with Gasteiger partial charge in [-0.3, -0.25) is 19.5 Å². The third kappa shape index (κ3) is 4.17. The zero-order valence-electron chi connectivity index (χ0n) is 18.3. The summed E-state index contributed by atoms with van der Waals surface area (Å²) in [7, 11) is 0. The molecule has 3 aliphatic rings. The predicted octanol–water partition coefficient (Wildman–Crippen LogP) is 0.645. The van der Waals surface area contributed by atoms with Gasteiger partial charge in [-0.05, 0) is 31.0 Å². The minimum absolute atomic E-state index is 0.127. The highest BCUT2D eigenvalue weighted by Crippen LogP contribution is 2.41. The fraction of sp³-hybridized carbons (Fsp3) is 0.522. The van der Waals surface area contributed by atoms with Crippen LogP contribution in [0.15, 0.2) is 42.9 Å². The lowest BCUT2D eigenvalue weighted by atomic mass is 9.85. The molecular formula is C23H29N7O2. The van der Waals surface area contributed by atoms with E-state index in [9.17, 15) is 9.59 Å². The minimum Gasteiger partial charge on any atom is -0.340 e. The summed E-state index contributed by atoms with van der Waals surface area (Å²) in [4.78, 5) is 47.3. The molecule has 32 heavy (non-hydrogen) atoms. The predicted molar refractivity (Wildman–Crippen MR) is 119 cm³/mol. The molecule has 9 nitrogen and oxygen atoms in total. The average molecular weight is 436 g/mol. The van der Waals surface area contributed by atoms with E-state index in [0.717, 1.165) is 57.2 Å². The number of nitrogens with zero attached hydrogens (tertiary/aromatic N) is 7. The SMILES string of the molecule is O=C(CN1CCN(c2ncccn2)CC1)N1CCC2(CCN(Cc3ccccn3)C2=O)C1. The highest BCUT2D eigenvalue weighted by molar-refractivity contribution is 5.87. The largest absolute Gasteiger partial charge is 0.340 e. The lowest BCUT2D eigenvalue weighted by Crippen LogP contribution is -2.50.